The van der Waals surface area contributed by atoms with Crippen molar-refractivity contribution in [2.24, 2.45) is 5.10 Å². The number of rotatable bonds is 4. The van der Waals surface area contributed by atoms with E-state index in [1.165, 1.54) is 0 Å². The van der Waals surface area contributed by atoms with Crippen LogP contribution in [0.3, 0.4) is 0 Å². The normalized spacial score (nSPS) is 10.7. The fourth-order valence-corrected chi connectivity index (χ4v) is 3.09. The summed E-state index contributed by atoms with van der Waals surface area (Å²) in [6, 6.07) is 13.7. The number of anilines is 1. The molecule has 0 saturated heterocycles. The molecule has 0 bridgehead atoms. The van der Waals surface area contributed by atoms with Crippen molar-refractivity contribution < 1.29 is 4.74 Å². The van der Waals surface area contributed by atoms with Gasteiger partial charge in [0.05, 0.1) is 28.0 Å². The molecule has 5 heteroatoms. The van der Waals surface area contributed by atoms with Crippen LogP contribution < -0.4 is 10.2 Å². The van der Waals surface area contributed by atoms with E-state index in [4.69, 9.17) is 4.74 Å². The van der Waals surface area contributed by atoms with Gasteiger partial charge in [-0.15, -0.1) is 0 Å². The minimum absolute atomic E-state index is 0.771. The van der Waals surface area contributed by atoms with Crippen LogP contribution in [0.4, 0.5) is 5.69 Å². The molecule has 0 unspecified atom stereocenters. The summed E-state index contributed by atoms with van der Waals surface area (Å²) < 4.78 is 7.01. The molecule has 0 heterocycles. The highest BCUT2D eigenvalue weighted by atomic mass is 79.9. The Labute approximate surface area is 128 Å². The van der Waals surface area contributed by atoms with Crippen LogP contribution in [0.5, 0.6) is 5.75 Å². The molecule has 1 N–H and O–H groups in total. The molecule has 2 aromatic rings. The van der Waals surface area contributed by atoms with E-state index >= 15 is 0 Å². The highest BCUT2D eigenvalue weighted by Gasteiger charge is 2.06. The molecule has 2 aromatic carbocycles. The van der Waals surface area contributed by atoms with Crippen LogP contribution in [0.15, 0.2) is 56.5 Å². The molecule has 0 saturated carbocycles. The molecule has 0 amide bonds. The monoisotopic (exact) mass is 382 g/mol. The second kappa shape index (κ2) is 6.73. The van der Waals surface area contributed by atoms with E-state index in [1.54, 1.807) is 13.3 Å². The SMILES string of the molecule is COc1c(Br)cc(/C=N/Nc2ccccc2)cc1Br. The van der Waals surface area contributed by atoms with Crippen molar-refractivity contribution >= 4 is 43.8 Å². The van der Waals surface area contributed by atoms with Gasteiger partial charge >= 0.3 is 0 Å². The fourth-order valence-electron chi connectivity index (χ4n) is 1.54. The molecule has 0 radical (unpaired) electrons. The van der Waals surface area contributed by atoms with E-state index in [-0.39, 0.29) is 0 Å². The lowest BCUT2D eigenvalue weighted by molar-refractivity contribution is 0.409. The predicted octanol–water partition coefficient (Wildman–Crippen LogP) is 4.67. The van der Waals surface area contributed by atoms with Gasteiger partial charge in [0.25, 0.3) is 0 Å². The number of hydrogen-bond acceptors (Lipinski definition) is 3. The smallest absolute Gasteiger partial charge is 0.147 e. The van der Waals surface area contributed by atoms with Gasteiger partial charge in [0.1, 0.15) is 5.75 Å². The lowest BCUT2D eigenvalue weighted by Gasteiger charge is -2.06. The predicted molar refractivity (Wildman–Crippen MR) is 86.1 cm³/mol. The van der Waals surface area contributed by atoms with E-state index in [2.05, 4.69) is 42.4 Å². The number of nitrogens with zero attached hydrogens (tertiary/aromatic N) is 1. The van der Waals surface area contributed by atoms with Crippen LogP contribution in [0.2, 0.25) is 0 Å². The van der Waals surface area contributed by atoms with Gasteiger partial charge in [-0.05, 0) is 61.7 Å². The van der Waals surface area contributed by atoms with Crippen LogP contribution in [-0.2, 0) is 0 Å². The molecule has 3 nitrogen and oxygen atoms in total. The number of ether oxygens (including phenoxy) is 1. The summed E-state index contributed by atoms with van der Waals surface area (Å²) in [6.07, 6.45) is 1.75. The van der Waals surface area contributed by atoms with Gasteiger partial charge in [0, 0.05) is 0 Å². The number of hydrogen-bond donors (Lipinski definition) is 1. The first-order chi connectivity index (χ1) is 9.20. The Balaban J connectivity index is 2.11. The second-order valence-corrected chi connectivity index (χ2v) is 5.46. The number of benzene rings is 2. The molecular weight excluding hydrogens is 372 g/mol. The van der Waals surface area contributed by atoms with Crippen molar-refractivity contribution in [2.75, 3.05) is 12.5 Å². The maximum atomic E-state index is 5.25. The standard InChI is InChI=1S/C14H12Br2N2O/c1-19-14-12(15)7-10(8-13(14)16)9-17-18-11-5-3-2-4-6-11/h2-9,18H,1H3/b17-9+. The Morgan fingerprint density at radius 2 is 1.74 bits per heavy atom. The summed E-state index contributed by atoms with van der Waals surface area (Å²) in [6.45, 7) is 0. The van der Waals surface area contributed by atoms with E-state index in [0.29, 0.717) is 0 Å². The molecule has 0 atom stereocenters. The number of nitrogens with one attached hydrogen (secondary N) is 1. The first kappa shape index (κ1) is 14.1. The number of hydrazone groups is 1. The van der Waals surface area contributed by atoms with Crippen molar-refractivity contribution in [3.05, 3.63) is 57.0 Å². The molecule has 0 spiro atoms. The largest absolute Gasteiger partial charge is 0.494 e. The van der Waals surface area contributed by atoms with Crippen LogP contribution in [0.25, 0.3) is 0 Å². The highest BCUT2D eigenvalue weighted by Crippen LogP contribution is 2.33. The Bertz CT molecular complexity index is 562. The summed E-state index contributed by atoms with van der Waals surface area (Å²) in [5.41, 5.74) is 4.88. The summed E-state index contributed by atoms with van der Waals surface area (Å²) >= 11 is 6.92. The zero-order chi connectivity index (χ0) is 13.7. The van der Waals surface area contributed by atoms with Gasteiger partial charge < -0.3 is 4.74 Å². The van der Waals surface area contributed by atoms with Crippen molar-refractivity contribution in [3.63, 3.8) is 0 Å². The average molecular weight is 384 g/mol. The fraction of sp³-hybridized carbons (Fsp3) is 0.0714. The zero-order valence-electron chi connectivity index (χ0n) is 10.2. The van der Waals surface area contributed by atoms with Crippen molar-refractivity contribution in [1.82, 2.24) is 0 Å². The maximum Gasteiger partial charge on any atom is 0.147 e. The van der Waals surface area contributed by atoms with Gasteiger partial charge in [0.2, 0.25) is 0 Å². The van der Waals surface area contributed by atoms with Crippen molar-refractivity contribution in [1.29, 1.82) is 0 Å². The molecule has 0 aliphatic heterocycles. The van der Waals surface area contributed by atoms with Crippen molar-refractivity contribution in [2.45, 2.75) is 0 Å². The van der Waals surface area contributed by atoms with Gasteiger partial charge in [-0.25, -0.2) is 0 Å². The second-order valence-electron chi connectivity index (χ2n) is 3.75. The molecule has 0 aliphatic carbocycles. The molecule has 2 rings (SSSR count). The molecule has 19 heavy (non-hydrogen) atoms. The molecule has 98 valence electrons. The van der Waals surface area contributed by atoms with Crippen molar-refractivity contribution in [3.8, 4) is 5.75 Å². The van der Waals surface area contributed by atoms with E-state index in [1.807, 2.05) is 42.5 Å². The van der Waals surface area contributed by atoms with E-state index < -0.39 is 0 Å². The summed E-state index contributed by atoms with van der Waals surface area (Å²) in [7, 11) is 1.63. The highest BCUT2D eigenvalue weighted by molar-refractivity contribution is 9.11. The van der Waals surface area contributed by atoms with Crippen LogP contribution >= 0.6 is 31.9 Å². The minimum atomic E-state index is 0.771. The molecule has 0 fully saturated rings. The Morgan fingerprint density at radius 1 is 1.11 bits per heavy atom. The number of methoxy groups -OCH3 is 1. The topological polar surface area (TPSA) is 33.6 Å². The summed E-state index contributed by atoms with van der Waals surface area (Å²) in [5.74, 6) is 0.771. The Hall–Kier alpha value is -1.33. The molecule has 0 aromatic heterocycles. The van der Waals surface area contributed by atoms with E-state index in [0.717, 1.165) is 25.9 Å². The van der Waals surface area contributed by atoms with Crippen LogP contribution in [0, 0.1) is 0 Å². The first-order valence-electron chi connectivity index (χ1n) is 5.58. The Morgan fingerprint density at radius 3 is 2.32 bits per heavy atom. The summed E-state index contributed by atoms with van der Waals surface area (Å²) in [4.78, 5) is 0. The average Bonchev–Trinajstić information content (AvgIpc) is 2.40. The van der Waals surface area contributed by atoms with Gasteiger partial charge in [-0.2, -0.15) is 5.10 Å². The lowest BCUT2D eigenvalue weighted by Crippen LogP contribution is -1.92. The molecular formula is C14H12Br2N2O. The molecule has 0 aliphatic rings. The third-order valence-corrected chi connectivity index (χ3v) is 3.58. The zero-order valence-corrected chi connectivity index (χ0v) is 13.4. The number of halogens is 2. The van der Waals surface area contributed by atoms with Gasteiger partial charge in [-0.1, -0.05) is 18.2 Å². The lowest BCUT2D eigenvalue weighted by atomic mass is 10.2. The van der Waals surface area contributed by atoms with Crippen LogP contribution in [-0.4, -0.2) is 13.3 Å². The van der Waals surface area contributed by atoms with Gasteiger partial charge in [-0.3, -0.25) is 5.43 Å². The minimum Gasteiger partial charge on any atom is -0.494 e. The summed E-state index contributed by atoms with van der Waals surface area (Å²) in [5, 5.41) is 4.19. The third kappa shape index (κ3) is 3.81. The van der Waals surface area contributed by atoms with Crippen LogP contribution in [0.1, 0.15) is 5.56 Å². The van der Waals surface area contributed by atoms with Gasteiger partial charge in [0.15, 0.2) is 0 Å². The van der Waals surface area contributed by atoms with E-state index in [9.17, 15) is 0 Å². The number of para-hydroxylation sites is 1. The maximum absolute atomic E-state index is 5.25. The third-order valence-electron chi connectivity index (χ3n) is 2.41. The Kier molecular flexibility index (Phi) is 4.99. The quantitative estimate of drug-likeness (QED) is 0.614. The first-order valence-corrected chi connectivity index (χ1v) is 7.16.